The minimum atomic E-state index is -0.838. The molecule has 0 aliphatic heterocycles. The molecule has 4 nitrogen and oxygen atoms in total. The number of nitrogens with one attached hydrogen (secondary N) is 1. The van der Waals surface area contributed by atoms with Crippen LogP contribution >= 0.6 is 0 Å². The average molecular weight is 227 g/mol. The fraction of sp³-hybridized carbons (Fsp3) is 0.364. The van der Waals surface area contributed by atoms with Crippen molar-refractivity contribution in [3.05, 3.63) is 29.6 Å². The van der Waals surface area contributed by atoms with Gasteiger partial charge in [-0.25, -0.2) is 4.39 Å². The maximum absolute atomic E-state index is 12.8. The van der Waals surface area contributed by atoms with E-state index in [4.69, 9.17) is 5.11 Å². The Bertz CT molecular complexity index is 368. The highest BCUT2D eigenvalue weighted by Gasteiger charge is 2.02. The summed E-state index contributed by atoms with van der Waals surface area (Å²) in [5.41, 5.74) is 0.468. The van der Waals surface area contributed by atoms with Gasteiger partial charge in [-0.05, 0) is 31.2 Å². The lowest BCUT2D eigenvalue weighted by Crippen LogP contribution is -2.15. The summed E-state index contributed by atoms with van der Waals surface area (Å²) in [6, 6.07) is 3.73. The van der Waals surface area contributed by atoms with Crippen molar-refractivity contribution in [3.8, 4) is 5.75 Å². The number of aromatic hydroxyl groups is 1. The molecule has 0 saturated heterocycles. The first-order valence-electron chi connectivity index (χ1n) is 4.99. The first-order valence-corrected chi connectivity index (χ1v) is 4.99. The molecule has 0 radical (unpaired) electrons. The lowest BCUT2D eigenvalue weighted by atomic mass is 10.2. The molecular formula is C11H14FNO3. The van der Waals surface area contributed by atoms with Crippen molar-refractivity contribution >= 4 is 5.97 Å². The van der Waals surface area contributed by atoms with Crippen molar-refractivity contribution in [2.45, 2.75) is 19.4 Å². The zero-order valence-electron chi connectivity index (χ0n) is 8.74. The van der Waals surface area contributed by atoms with Gasteiger partial charge < -0.3 is 15.5 Å². The number of phenolic OH excluding ortho intramolecular Hbond substituents is 1. The SMILES string of the molecule is O=C(O)CCCNCc1cc(F)ccc1O. The zero-order valence-corrected chi connectivity index (χ0v) is 8.74. The van der Waals surface area contributed by atoms with Crippen LogP contribution in [0.25, 0.3) is 0 Å². The van der Waals surface area contributed by atoms with Gasteiger partial charge in [0.1, 0.15) is 11.6 Å². The number of carboxylic acids is 1. The van der Waals surface area contributed by atoms with Crippen LogP contribution < -0.4 is 5.32 Å². The molecule has 0 amide bonds. The lowest BCUT2D eigenvalue weighted by molar-refractivity contribution is -0.137. The summed E-state index contributed by atoms with van der Waals surface area (Å²) in [7, 11) is 0. The van der Waals surface area contributed by atoms with Crippen molar-refractivity contribution in [1.82, 2.24) is 5.32 Å². The molecule has 0 aromatic heterocycles. The van der Waals surface area contributed by atoms with Crippen molar-refractivity contribution in [3.63, 3.8) is 0 Å². The molecule has 1 aromatic rings. The van der Waals surface area contributed by atoms with E-state index >= 15 is 0 Å². The first-order chi connectivity index (χ1) is 7.59. The van der Waals surface area contributed by atoms with Gasteiger partial charge in [-0.1, -0.05) is 0 Å². The summed E-state index contributed by atoms with van der Waals surface area (Å²) in [6.07, 6.45) is 0.605. The highest BCUT2D eigenvalue weighted by molar-refractivity contribution is 5.66. The van der Waals surface area contributed by atoms with E-state index in [9.17, 15) is 14.3 Å². The summed E-state index contributed by atoms with van der Waals surface area (Å²) in [5, 5.41) is 20.7. The Kier molecular flexibility index (Phi) is 4.72. The number of carbonyl (C=O) groups is 1. The van der Waals surface area contributed by atoms with E-state index in [1.54, 1.807) is 0 Å². The Morgan fingerprint density at radius 3 is 2.88 bits per heavy atom. The third kappa shape index (κ3) is 4.27. The summed E-state index contributed by atoms with van der Waals surface area (Å²) in [5.74, 6) is -1.21. The fourth-order valence-electron chi connectivity index (χ4n) is 1.28. The molecule has 1 aromatic carbocycles. The molecule has 1 rings (SSSR count). The topological polar surface area (TPSA) is 69.6 Å². The molecule has 0 aliphatic carbocycles. The van der Waals surface area contributed by atoms with E-state index in [2.05, 4.69) is 5.32 Å². The van der Waals surface area contributed by atoms with Gasteiger partial charge in [0, 0.05) is 18.5 Å². The molecule has 5 heteroatoms. The molecule has 3 N–H and O–H groups in total. The number of hydrogen-bond acceptors (Lipinski definition) is 3. The summed E-state index contributed by atoms with van der Waals surface area (Å²) in [4.78, 5) is 10.2. The minimum absolute atomic E-state index is 0.0344. The normalized spacial score (nSPS) is 10.3. The largest absolute Gasteiger partial charge is 0.508 e. The zero-order chi connectivity index (χ0) is 12.0. The average Bonchev–Trinajstić information content (AvgIpc) is 2.22. The van der Waals surface area contributed by atoms with Crippen LogP contribution in [-0.2, 0) is 11.3 Å². The van der Waals surface area contributed by atoms with Crippen LogP contribution in [0.2, 0.25) is 0 Å². The third-order valence-corrected chi connectivity index (χ3v) is 2.10. The van der Waals surface area contributed by atoms with E-state index in [1.165, 1.54) is 18.2 Å². The van der Waals surface area contributed by atoms with Gasteiger partial charge in [0.25, 0.3) is 0 Å². The van der Waals surface area contributed by atoms with Crippen LogP contribution in [0.3, 0.4) is 0 Å². The monoisotopic (exact) mass is 227 g/mol. The first kappa shape index (κ1) is 12.4. The van der Waals surface area contributed by atoms with E-state index < -0.39 is 11.8 Å². The summed E-state index contributed by atoms with van der Waals surface area (Å²) >= 11 is 0. The Labute approximate surface area is 92.7 Å². The smallest absolute Gasteiger partial charge is 0.303 e. The molecule has 0 bridgehead atoms. The number of aliphatic carboxylic acids is 1. The lowest BCUT2D eigenvalue weighted by Gasteiger charge is -2.06. The van der Waals surface area contributed by atoms with Gasteiger partial charge in [-0.15, -0.1) is 0 Å². The van der Waals surface area contributed by atoms with Crippen LogP contribution in [0.5, 0.6) is 5.75 Å². The molecule has 0 saturated carbocycles. The number of phenols is 1. The van der Waals surface area contributed by atoms with Crippen LogP contribution in [0.15, 0.2) is 18.2 Å². The summed E-state index contributed by atoms with van der Waals surface area (Å²) in [6.45, 7) is 0.839. The molecule has 0 unspecified atom stereocenters. The number of halogens is 1. The Morgan fingerprint density at radius 1 is 1.44 bits per heavy atom. The standard InChI is InChI=1S/C11H14FNO3/c12-9-3-4-10(14)8(6-9)7-13-5-1-2-11(15)16/h3-4,6,13-14H,1-2,5,7H2,(H,15,16). The second-order valence-corrected chi connectivity index (χ2v) is 3.45. The highest BCUT2D eigenvalue weighted by Crippen LogP contribution is 2.17. The van der Waals surface area contributed by atoms with Gasteiger partial charge >= 0.3 is 5.97 Å². The van der Waals surface area contributed by atoms with E-state index in [0.29, 0.717) is 25.1 Å². The van der Waals surface area contributed by atoms with Gasteiger partial charge in [0.15, 0.2) is 0 Å². The maximum Gasteiger partial charge on any atom is 0.303 e. The number of carboxylic acid groups (broad SMARTS) is 1. The van der Waals surface area contributed by atoms with E-state index in [-0.39, 0.29) is 12.2 Å². The second-order valence-electron chi connectivity index (χ2n) is 3.45. The van der Waals surface area contributed by atoms with Crippen molar-refractivity contribution in [2.75, 3.05) is 6.54 Å². The Hall–Kier alpha value is -1.62. The Balaban J connectivity index is 2.31. The van der Waals surface area contributed by atoms with Crippen LogP contribution in [-0.4, -0.2) is 22.7 Å². The van der Waals surface area contributed by atoms with Gasteiger partial charge in [0.2, 0.25) is 0 Å². The number of rotatable bonds is 6. The third-order valence-electron chi connectivity index (χ3n) is 2.10. The molecule has 16 heavy (non-hydrogen) atoms. The predicted molar refractivity (Wildman–Crippen MR) is 56.6 cm³/mol. The second kappa shape index (κ2) is 6.07. The number of benzene rings is 1. The number of hydrogen-bond donors (Lipinski definition) is 3. The molecule has 0 spiro atoms. The summed E-state index contributed by atoms with van der Waals surface area (Å²) < 4.78 is 12.8. The van der Waals surface area contributed by atoms with Crippen LogP contribution in [0.1, 0.15) is 18.4 Å². The van der Waals surface area contributed by atoms with Crippen molar-refractivity contribution in [2.24, 2.45) is 0 Å². The molecule has 88 valence electrons. The molecule has 0 heterocycles. The minimum Gasteiger partial charge on any atom is -0.508 e. The van der Waals surface area contributed by atoms with Crippen LogP contribution in [0.4, 0.5) is 4.39 Å². The Morgan fingerprint density at radius 2 is 2.19 bits per heavy atom. The van der Waals surface area contributed by atoms with Crippen LogP contribution in [0, 0.1) is 5.82 Å². The fourth-order valence-corrected chi connectivity index (χ4v) is 1.28. The molecule has 0 fully saturated rings. The van der Waals surface area contributed by atoms with Gasteiger partial charge in [-0.3, -0.25) is 4.79 Å². The van der Waals surface area contributed by atoms with E-state index in [0.717, 1.165) is 0 Å². The molecule has 0 atom stereocenters. The van der Waals surface area contributed by atoms with E-state index in [1.807, 2.05) is 0 Å². The predicted octanol–water partition coefficient (Wildman–Crippen LogP) is 1.49. The quantitative estimate of drug-likeness (QED) is 0.644. The van der Waals surface area contributed by atoms with Gasteiger partial charge in [0.05, 0.1) is 0 Å². The highest BCUT2D eigenvalue weighted by atomic mass is 19.1. The maximum atomic E-state index is 12.8. The molecule has 0 aliphatic rings. The van der Waals surface area contributed by atoms with Gasteiger partial charge in [-0.2, -0.15) is 0 Å². The molecular weight excluding hydrogens is 213 g/mol. The van der Waals surface area contributed by atoms with Crippen molar-refractivity contribution in [1.29, 1.82) is 0 Å². The van der Waals surface area contributed by atoms with Crippen molar-refractivity contribution < 1.29 is 19.4 Å².